The Bertz CT molecular complexity index is 402. The van der Waals surface area contributed by atoms with Crippen molar-refractivity contribution in [3.63, 3.8) is 0 Å². The lowest BCUT2D eigenvalue weighted by atomic mass is 10.1. The van der Waals surface area contributed by atoms with E-state index in [2.05, 4.69) is 49.2 Å². The summed E-state index contributed by atoms with van der Waals surface area (Å²) in [5.74, 6) is 0. The molecule has 0 atom stereocenters. The maximum absolute atomic E-state index is 3.75. The molecular formula is C18H30N2. The SMILES string of the molecule is CCCC(CCC)Nc1ccc(N2CCCC2)cc1C. The van der Waals surface area contributed by atoms with Gasteiger partial charge >= 0.3 is 0 Å². The summed E-state index contributed by atoms with van der Waals surface area (Å²) in [5, 5.41) is 3.75. The molecule has 0 amide bonds. The van der Waals surface area contributed by atoms with Gasteiger partial charge in [-0.2, -0.15) is 0 Å². The number of rotatable bonds is 7. The number of anilines is 2. The molecule has 0 unspecified atom stereocenters. The van der Waals surface area contributed by atoms with Gasteiger partial charge in [-0.15, -0.1) is 0 Å². The first-order chi connectivity index (χ1) is 9.74. The Morgan fingerprint density at radius 2 is 1.75 bits per heavy atom. The van der Waals surface area contributed by atoms with Crippen LogP contribution in [0.4, 0.5) is 11.4 Å². The average molecular weight is 274 g/mol. The first kappa shape index (κ1) is 15.2. The first-order valence-corrected chi connectivity index (χ1v) is 8.36. The lowest BCUT2D eigenvalue weighted by Crippen LogP contribution is -2.20. The summed E-state index contributed by atoms with van der Waals surface area (Å²) >= 11 is 0. The Balaban J connectivity index is 2.04. The minimum Gasteiger partial charge on any atom is -0.382 e. The fourth-order valence-corrected chi connectivity index (χ4v) is 3.19. The van der Waals surface area contributed by atoms with Crippen molar-refractivity contribution in [3.8, 4) is 0 Å². The largest absolute Gasteiger partial charge is 0.382 e. The molecule has 1 fully saturated rings. The van der Waals surface area contributed by atoms with Gasteiger partial charge in [0.2, 0.25) is 0 Å². The molecule has 1 aliphatic rings. The van der Waals surface area contributed by atoms with Crippen LogP contribution >= 0.6 is 0 Å². The molecule has 0 saturated carbocycles. The molecule has 20 heavy (non-hydrogen) atoms. The van der Waals surface area contributed by atoms with Crippen LogP contribution in [0.5, 0.6) is 0 Å². The van der Waals surface area contributed by atoms with Gasteiger partial charge in [-0.3, -0.25) is 0 Å². The van der Waals surface area contributed by atoms with E-state index in [-0.39, 0.29) is 0 Å². The third-order valence-corrected chi connectivity index (χ3v) is 4.32. The van der Waals surface area contributed by atoms with Gasteiger partial charge in [0.1, 0.15) is 0 Å². The third kappa shape index (κ3) is 3.91. The van der Waals surface area contributed by atoms with E-state index in [9.17, 15) is 0 Å². The van der Waals surface area contributed by atoms with E-state index in [1.54, 1.807) is 0 Å². The van der Waals surface area contributed by atoms with E-state index in [1.165, 1.54) is 68.6 Å². The van der Waals surface area contributed by atoms with Crippen LogP contribution in [-0.2, 0) is 0 Å². The summed E-state index contributed by atoms with van der Waals surface area (Å²) in [6, 6.07) is 7.54. The lowest BCUT2D eigenvalue weighted by molar-refractivity contribution is 0.586. The smallest absolute Gasteiger partial charge is 0.0373 e. The second-order valence-corrected chi connectivity index (χ2v) is 6.11. The van der Waals surface area contributed by atoms with Crippen molar-refractivity contribution >= 4 is 11.4 Å². The van der Waals surface area contributed by atoms with Crippen LogP contribution in [0.1, 0.15) is 57.9 Å². The van der Waals surface area contributed by atoms with E-state index >= 15 is 0 Å². The Kier molecular flexibility index (Phi) is 5.75. The average Bonchev–Trinajstić information content (AvgIpc) is 2.95. The van der Waals surface area contributed by atoms with Gasteiger partial charge in [0, 0.05) is 30.5 Å². The highest BCUT2D eigenvalue weighted by molar-refractivity contribution is 5.60. The van der Waals surface area contributed by atoms with Crippen molar-refractivity contribution in [2.45, 2.75) is 65.3 Å². The van der Waals surface area contributed by atoms with Crippen LogP contribution in [0, 0.1) is 6.92 Å². The molecule has 1 heterocycles. The molecule has 112 valence electrons. The van der Waals surface area contributed by atoms with E-state index < -0.39 is 0 Å². The lowest BCUT2D eigenvalue weighted by Gasteiger charge is -2.23. The Labute approximate surface area is 124 Å². The summed E-state index contributed by atoms with van der Waals surface area (Å²) in [6.45, 7) is 9.22. The molecule has 1 aromatic carbocycles. The molecule has 1 N–H and O–H groups in total. The van der Waals surface area contributed by atoms with E-state index in [0.717, 1.165) is 0 Å². The molecule has 1 aliphatic heterocycles. The Morgan fingerprint density at radius 3 is 2.30 bits per heavy atom. The third-order valence-electron chi connectivity index (χ3n) is 4.32. The molecule has 0 aliphatic carbocycles. The number of benzene rings is 1. The van der Waals surface area contributed by atoms with E-state index in [0.29, 0.717) is 6.04 Å². The van der Waals surface area contributed by atoms with Gasteiger partial charge in [0.05, 0.1) is 0 Å². The molecular weight excluding hydrogens is 244 g/mol. The number of hydrogen-bond donors (Lipinski definition) is 1. The minimum absolute atomic E-state index is 0.626. The highest BCUT2D eigenvalue weighted by atomic mass is 15.1. The molecule has 2 nitrogen and oxygen atoms in total. The molecule has 2 heteroatoms. The van der Waals surface area contributed by atoms with Crippen LogP contribution in [-0.4, -0.2) is 19.1 Å². The van der Waals surface area contributed by atoms with Crippen LogP contribution in [0.3, 0.4) is 0 Å². The van der Waals surface area contributed by atoms with Gasteiger partial charge in [-0.1, -0.05) is 26.7 Å². The molecule has 0 bridgehead atoms. The zero-order valence-electron chi connectivity index (χ0n) is 13.4. The molecule has 0 spiro atoms. The molecule has 0 radical (unpaired) electrons. The zero-order chi connectivity index (χ0) is 14.4. The van der Waals surface area contributed by atoms with Gasteiger partial charge in [0.25, 0.3) is 0 Å². The van der Waals surface area contributed by atoms with Crippen LogP contribution in [0.15, 0.2) is 18.2 Å². The highest BCUT2D eigenvalue weighted by Crippen LogP contribution is 2.26. The summed E-state index contributed by atoms with van der Waals surface area (Å²) in [5.41, 5.74) is 4.10. The van der Waals surface area contributed by atoms with Crippen molar-refractivity contribution in [3.05, 3.63) is 23.8 Å². The number of hydrogen-bond acceptors (Lipinski definition) is 2. The van der Waals surface area contributed by atoms with Crippen LogP contribution in [0.2, 0.25) is 0 Å². The zero-order valence-corrected chi connectivity index (χ0v) is 13.4. The van der Waals surface area contributed by atoms with Gasteiger partial charge in [-0.25, -0.2) is 0 Å². The number of aryl methyl sites for hydroxylation is 1. The fourth-order valence-electron chi connectivity index (χ4n) is 3.19. The van der Waals surface area contributed by atoms with Crippen LogP contribution in [0.25, 0.3) is 0 Å². The minimum atomic E-state index is 0.626. The quantitative estimate of drug-likeness (QED) is 0.754. The fraction of sp³-hybridized carbons (Fsp3) is 0.667. The molecule has 1 saturated heterocycles. The van der Waals surface area contributed by atoms with E-state index in [1.807, 2.05) is 0 Å². The van der Waals surface area contributed by atoms with Crippen molar-refractivity contribution < 1.29 is 0 Å². The Hall–Kier alpha value is -1.18. The number of nitrogens with zero attached hydrogens (tertiary/aromatic N) is 1. The van der Waals surface area contributed by atoms with Crippen molar-refractivity contribution in [1.82, 2.24) is 0 Å². The maximum Gasteiger partial charge on any atom is 0.0373 e. The summed E-state index contributed by atoms with van der Waals surface area (Å²) in [6.07, 6.45) is 7.72. The second-order valence-electron chi connectivity index (χ2n) is 6.11. The van der Waals surface area contributed by atoms with Crippen molar-refractivity contribution in [2.75, 3.05) is 23.3 Å². The summed E-state index contributed by atoms with van der Waals surface area (Å²) < 4.78 is 0. The van der Waals surface area contributed by atoms with Gasteiger partial charge in [-0.05, 0) is 56.4 Å². The normalized spacial score (nSPS) is 15.1. The van der Waals surface area contributed by atoms with Gasteiger partial charge in [0.15, 0.2) is 0 Å². The van der Waals surface area contributed by atoms with Gasteiger partial charge < -0.3 is 10.2 Å². The highest BCUT2D eigenvalue weighted by Gasteiger charge is 2.14. The molecule has 0 aromatic heterocycles. The van der Waals surface area contributed by atoms with Crippen molar-refractivity contribution in [2.24, 2.45) is 0 Å². The standard InChI is InChI=1S/C18H30N2/c1-4-8-16(9-5-2)19-18-11-10-17(14-15(18)3)20-12-6-7-13-20/h10-11,14,16,19H,4-9,12-13H2,1-3H3. The second kappa shape index (κ2) is 7.56. The predicted molar refractivity (Wildman–Crippen MR) is 89.9 cm³/mol. The van der Waals surface area contributed by atoms with Crippen LogP contribution < -0.4 is 10.2 Å². The van der Waals surface area contributed by atoms with E-state index in [4.69, 9.17) is 0 Å². The Morgan fingerprint density at radius 1 is 1.10 bits per heavy atom. The predicted octanol–water partition coefficient (Wildman–Crippen LogP) is 4.98. The topological polar surface area (TPSA) is 15.3 Å². The first-order valence-electron chi connectivity index (χ1n) is 8.36. The van der Waals surface area contributed by atoms with Crippen molar-refractivity contribution in [1.29, 1.82) is 0 Å². The monoisotopic (exact) mass is 274 g/mol. The summed E-state index contributed by atoms with van der Waals surface area (Å²) in [7, 11) is 0. The maximum atomic E-state index is 3.75. The molecule has 2 rings (SSSR count). The molecule has 1 aromatic rings. The summed E-state index contributed by atoms with van der Waals surface area (Å²) in [4.78, 5) is 2.51. The number of nitrogens with one attached hydrogen (secondary N) is 1.